The maximum atomic E-state index is 6.25. The maximum absolute atomic E-state index is 6.25. The molecule has 2 rings (SSSR count). The summed E-state index contributed by atoms with van der Waals surface area (Å²) < 4.78 is 1.98. The zero-order chi connectivity index (χ0) is 9.80. The van der Waals surface area contributed by atoms with Crippen LogP contribution in [0, 0.1) is 0 Å². The first-order valence-corrected chi connectivity index (χ1v) is 4.94. The number of nitrogens with zero attached hydrogens (tertiary/aromatic N) is 2. The van der Waals surface area contributed by atoms with Crippen LogP contribution in [0.5, 0.6) is 0 Å². The van der Waals surface area contributed by atoms with Gasteiger partial charge in [0.2, 0.25) is 0 Å². The molecule has 0 aliphatic heterocycles. The van der Waals surface area contributed by atoms with E-state index in [0.29, 0.717) is 0 Å². The van der Waals surface area contributed by atoms with Crippen molar-refractivity contribution in [3.63, 3.8) is 0 Å². The minimum atomic E-state index is 0. The highest BCUT2D eigenvalue weighted by Gasteiger charge is 2.06. The van der Waals surface area contributed by atoms with Crippen LogP contribution in [0.1, 0.15) is 10.9 Å². The first-order valence-electron chi connectivity index (χ1n) is 4.51. The van der Waals surface area contributed by atoms with Crippen LogP contribution in [0.15, 0.2) is 49.1 Å². The van der Waals surface area contributed by atoms with Gasteiger partial charge in [0, 0.05) is 18.9 Å². The fraction of sp³-hybridized carbons (Fsp3) is 0.182. The van der Waals surface area contributed by atoms with Crippen molar-refractivity contribution < 1.29 is 0 Å². The standard InChI is InChI=1S/C11H11ClN2.ClH/c12-11(8-14-7-6-13-9-14)10-4-2-1-3-5-10;/h1-7,9,11H,8H2;1H. The molecule has 0 radical (unpaired) electrons. The molecule has 1 atom stereocenters. The molecule has 80 valence electrons. The van der Waals surface area contributed by atoms with E-state index in [-0.39, 0.29) is 17.8 Å². The molecule has 15 heavy (non-hydrogen) atoms. The Morgan fingerprint density at radius 1 is 1.27 bits per heavy atom. The van der Waals surface area contributed by atoms with Crippen LogP contribution >= 0.6 is 24.0 Å². The molecule has 1 aromatic heterocycles. The van der Waals surface area contributed by atoms with Gasteiger partial charge in [-0.2, -0.15) is 0 Å². The maximum Gasteiger partial charge on any atom is 0.0946 e. The van der Waals surface area contributed by atoms with Crippen LogP contribution in [-0.4, -0.2) is 9.55 Å². The van der Waals surface area contributed by atoms with Gasteiger partial charge in [-0.25, -0.2) is 4.98 Å². The molecule has 0 bridgehead atoms. The molecule has 1 unspecified atom stereocenters. The Bertz CT molecular complexity index is 373. The van der Waals surface area contributed by atoms with E-state index in [1.807, 2.05) is 41.1 Å². The predicted molar refractivity (Wildman–Crippen MR) is 64.5 cm³/mol. The van der Waals surface area contributed by atoms with Crippen molar-refractivity contribution in [2.75, 3.05) is 0 Å². The number of aromatic nitrogens is 2. The number of benzene rings is 1. The molecular formula is C11H12Cl2N2. The van der Waals surface area contributed by atoms with Crippen LogP contribution in [0.2, 0.25) is 0 Å². The first-order chi connectivity index (χ1) is 6.86. The summed E-state index contributed by atoms with van der Waals surface area (Å²) >= 11 is 6.25. The number of imidazole rings is 1. The van der Waals surface area contributed by atoms with Crippen LogP contribution in [0.4, 0.5) is 0 Å². The number of halogens is 2. The molecule has 0 aliphatic rings. The van der Waals surface area contributed by atoms with Crippen molar-refractivity contribution in [2.24, 2.45) is 0 Å². The molecule has 0 saturated heterocycles. The van der Waals surface area contributed by atoms with Gasteiger partial charge >= 0.3 is 0 Å². The lowest BCUT2D eigenvalue weighted by molar-refractivity contribution is 0.677. The molecule has 4 heteroatoms. The highest BCUT2D eigenvalue weighted by Crippen LogP contribution is 2.21. The summed E-state index contributed by atoms with van der Waals surface area (Å²) in [5.41, 5.74) is 1.14. The quantitative estimate of drug-likeness (QED) is 0.756. The molecular weight excluding hydrogens is 231 g/mol. The minimum Gasteiger partial charge on any atom is -0.336 e. The number of rotatable bonds is 3. The Balaban J connectivity index is 0.00000112. The highest BCUT2D eigenvalue weighted by molar-refractivity contribution is 6.20. The van der Waals surface area contributed by atoms with Gasteiger partial charge in [-0.3, -0.25) is 0 Å². The number of hydrogen-bond acceptors (Lipinski definition) is 1. The summed E-state index contributed by atoms with van der Waals surface area (Å²) in [6.45, 7) is 0.756. The predicted octanol–water partition coefficient (Wildman–Crippen LogP) is 3.29. The van der Waals surface area contributed by atoms with Crippen molar-refractivity contribution in [3.05, 3.63) is 54.6 Å². The van der Waals surface area contributed by atoms with E-state index < -0.39 is 0 Å². The monoisotopic (exact) mass is 242 g/mol. The number of hydrogen-bond donors (Lipinski definition) is 0. The van der Waals surface area contributed by atoms with Crippen molar-refractivity contribution in [1.82, 2.24) is 9.55 Å². The third-order valence-electron chi connectivity index (χ3n) is 2.09. The SMILES string of the molecule is Cl.ClC(Cn1ccnc1)c1ccccc1. The molecule has 1 heterocycles. The van der Waals surface area contributed by atoms with Crippen LogP contribution in [0.3, 0.4) is 0 Å². The molecule has 1 aromatic carbocycles. The van der Waals surface area contributed by atoms with Gasteiger partial charge in [-0.05, 0) is 5.56 Å². The lowest BCUT2D eigenvalue weighted by atomic mass is 10.1. The summed E-state index contributed by atoms with van der Waals surface area (Å²) in [5.74, 6) is 0. The van der Waals surface area contributed by atoms with Crippen molar-refractivity contribution >= 4 is 24.0 Å². The van der Waals surface area contributed by atoms with Crippen molar-refractivity contribution in [1.29, 1.82) is 0 Å². The number of alkyl halides is 1. The van der Waals surface area contributed by atoms with E-state index >= 15 is 0 Å². The summed E-state index contributed by atoms with van der Waals surface area (Å²) in [5, 5.41) is 0.00500. The second-order valence-corrected chi connectivity index (χ2v) is 3.66. The van der Waals surface area contributed by atoms with E-state index in [1.165, 1.54) is 0 Å². The second-order valence-electron chi connectivity index (χ2n) is 3.14. The lowest BCUT2D eigenvalue weighted by Gasteiger charge is -2.09. The lowest BCUT2D eigenvalue weighted by Crippen LogP contribution is -2.01. The van der Waals surface area contributed by atoms with E-state index in [0.717, 1.165) is 12.1 Å². The molecule has 0 saturated carbocycles. The van der Waals surface area contributed by atoms with Gasteiger partial charge in [0.05, 0.1) is 11.7 Å². The smallest absolute Gasteiger partial charge is 0.0946 e. The average Bonchev–Trinajstić information content (AvgIpc) is 2.72. The zero-order valence-electron chi connectivity index (χ0n) is 8.08. The second kappa shape index (κ2) is 5.79. The van der Waals surface area contributed by atoms with Gasteiger partial charge in [-0.15, -0.1) is 24.0 Å². The fourth-order valence-corrected chi connectivity index (χ4v) is 1.65. The Morgan fingerprint density at radius 3 is 2.60 bits per heavy atom. The molecule has 0 aliphatic carbocycles. The molecule has 0 amide bonds. The fourth-order valence-electron chi connectivity index (χ4n) is 1.35. The van der Waals surface area contributed by atoms with Gasteiger partial charge in [0.1, 0.15) is 0 Å². The molecule has 0 spiro atoms. The molecule has 2 nitrogen and oxygen atoms in total. The Labute approximate surface area is 100 Å². The van der Waals surface area contributed by atoms with Crippen LogP contribution < -0.4 is 0 Å². The summed E-state index contributed by atoms with van der Waals surface area (Å²) in [6.07, 6.45) is 5.45. The van der Waals surface area contributed by atoms with E-state index in [9.17, 15) is 0 Å². The van der Waals surface area contributed by atoms with Crippen molar-refractivity contribution in [3.8, 4) is 0 Å². The third kappa shape index (κ3) is 3.26. The summed E-state index contributed by atoms with van der Waals surface area (Å²) in [7, 11) is 0. The van der Waals surface area contributed by atoms with Crippen LogP contribution in [-0.2, 0) is 6.54 Å². The normalized spacial score (nSPS) is 11.8. The highest BCUT2D eigenvalue weighted by atomic mass is 35.5. The van der Waals surface area contributed by atoms with E-state index in [1.54, 1.807) is 12.5 Å². The topological polar surface area (TPSA) is 17.8 Å². The largest absolute Gasteiger partial charge is 0.336 e. The average molecular weight is 243 g/mol. The van der Waals surface area contributed by atoms with Gasteiger partial charge in [0.15, 0.2) is 0 Å². The van der Waals surface area contributed by atoms with E-state index in [4.69, 9.17) is 11.6 Å². The molecule has 0 N–H and O–H groups in total. The molecule has 0 fully saturated rings. The summed E-state index contributed by atoms with van der Waals surface area (Å²) in [4.78, 5) is 3.97. The zero-order valence-corrected chi connectivity index (χ0v) is 9.66. The first kappa shape index (κ1) is 12.1. The minimum absolute atomic E-state index is 0. The van der Waals surface area contributed by atoms with Gasteiger partial charge < -0.3 is 4.57 Å². The van der Waals surface area contributed by atoms with Gasteiger partial charge in [0.25, 0.3) is 0 Å². The van der Waals surface area contributed by atoms with Crippen molar-refractivity contribution in [2.45, 2.75) is 11.9 Å². The molecule has 2 aromatic rings. The van der Waals surface area contributed by atoms with Gasteiger partial charge in [-0.1, -0.05) is 30.3 Å². The Morgan fingerprint density at radius 2 is 2.00 bits per heavy atom. The Kier molecular flexibility index (Phi) is 4.66. The van der Waals surface area contributed by atoms with E-state index in [2.05, 4.69) is 4.98 Å². The Hall–Kier alpha value is -0.990. The summed E-state index contributed by atoms with van der Waals surface area (Å²) in [6, 6.07) is 10.1. The van der Waals surface area contributed by atoms with Crippen LogP contribution in [0.25, 0.3) is 0 Å². The third-order valence-corrected chi connectivity index (χ3v) is 2.48.